The van der Waals surface area contributed by atoms with Gasteiger partial charge in [-0.25, -0.2) is 0 Å². The molecule has 2 aliphatic carbocycles. The summed E-state index contributed by atoms with van der Waals surface area (Å²) in [6.45, 7) is 2.41. The zero-order valence-corrected chi connectivity index (χ0v) is 7.64. The Hall–Kier alpha value is -0.0400. The fourth-order valence-corrected chi connectivity index (χ4v) is 3.30. The van der Waals surface area contributed by atoms with E-state index >= 15 is 0 Å². The molecule has 0 amide bonds. The first kappa shape index (κ1) is 7.60. The maximum Gasteiger partial charge on any atom is 0.0121 e. The van der Waals surface area contributed by atoms with E-state index < -0.39 is 0 Å². The van der Waals surface area contributed by atoms with Crippen LogP contribution >= 0.6 is 0 Å². The zero-order chi connectivity index (χ0) is 7.84. The first-order valence-corrected chi connectivity index (χ1v) is 4.98. The van der Waals surface area contributed by atoms with Crippen LogP contribution in [-0.2, 0) is 0 Å². The minimum atomic E-state index is 0.867. The van der Waals surface area contributed by atoms with Crippen LogP contribution < -0.4 is 5.32 Å². The Morgan fingerprint density at radius 2 is 1.64 bits per heavy atom. The van der Waals surface area contributed by atoms with Crippen molar-refractivity contribution in [1.82, 2.24) is 5.32 Å². The van der Waals surface area contributed by atoms with Crippen LogP contribution in [0.1, 0.15) is 32.6 Å². The Bertz CT molecular complexity index is 130. The van der Waals surface area contributed by atoms with Crippen LogP contribution in [0.25, 0.3) is 0 Å². The van der Waals surface area contributed by atoms with E-state index in [0.717, 1.165) is 23.8 Å². The van der Waals surface area contributed by atoms with Gasteiger partial charge in [-0.05, 0) is 50.5 Å². The molecule has 2 aliphatic rings. The van der Waals surface area contributed by atoms with Gasteiger partial charge in [0.15, 0.2) is 0 Å². The van der Waals surface area contributed by atoms with Crippen molar-refractivity contribution < 1.29 is 0 Å². The lowest BCUT2D eigenvalue weighted by Crippen LogP contribution is -2.39. The van der Waals surface area contributed by atoms with Crippen molar-refractivity contribution >= 4 is 0 Å². The van der Waals surface area contributed by atoms with E-state index in [1.165, 1.54) is 25.7 Å². The van der Waals surface area contributed by atoms with Gasteiger partial charge in [0.25, 0.3) is 0 Å². The molecule has 2 saturated carbocycles. The Balaban J connectivity index is 2.06. The first-order valence-electron chi connectivity index (χ1n) is 4.98. The molecule has 1 N–H and O–H groups in total. The molecule has 2 fully saturated rings. The van der Waals surface area contributed by atoms with Gasteiger partial charge in [-0.1, -0.05) is 6.92 Å². The molecule has 1 nitrogen and oxygen atoms in total. The lowest BCUT2D eigenvalue weighted by Gasteiger charge is -2.33. The molecule has 2 rings (SSSR count). The third-order valence-corrected chi connectivity index (χ3v) is 3.67. The summed E-state index contributed by atoms with van der Waals surface area (Å²) in [4.78, 5) is 0. The van der Waals surface area contributed by atoms with Gasteiger partial charge >= 0.3 is 0 Å². The molecule has 0 aromatic carbocycles. The molecule has 2 unspecified atom stereocenters. The molecule has 0 saturated heterocycles. The van der Waals surface area contributed by atoms with Gasteiger partial charge in [0.2, 0.25) is 0 Å². The normalized spacial score (nSPS) is 49.6. The molecule has 0 radical (unpaired) electrons. The number of rotatable bonds is 1. The van der Waals surface area contributed by atoms with Crippen molar-refractivity contribution in [3.8, 4) is 0 Å². The van der Waals surface area contributed by atoms with Crippen LogP contribution in [0.5, 0.6) is 0 Å². The summed E-state index contributed by atoms with van der Waals surface area (Å²) in [6, 6.07) is 0.867. The third-order valence-electron chi connectivity index (χ3n) is 3.67. The summed E-state index contributed by atoms with van der Waals surface area (Å²) < 4.78 is 0. The number of fused-ring (bicyclic) bond motifs is 2. The molecule has 2 atom stereocenters. The topological polar surface area (TPSA) is 12.0 Å². The van der Waals surface area contributed by atoms with E-state index in [4.69, 9.17) is 0 Å². The average molecular weight is 153 g/mol. The molecular formula is C10H19N. The van der Waals surface area contributed by atoms with Crippen molar-refractivity contribution in [3.63, 3.8) is 0 Å². The van der Waals surface area contributed by atoms with Gasteiger partial charge in [0.05, 0.1) is 0 Å². The fraction of sp³-hybridized carbons (Fsp3) is 1.00. The summed E-state index contributed by atoms with van der Waals surface area (Å²) in [5, 5.41) is 3.49. The Morgan fingerprint density at radius 3 is 2.09 bits per heavy atom. The average Bonchev–Trinajstić information content (AvgIpc) is 2.23. The van der Waals surface area contributed by atoms with Crippen molar-refractivity contribution in [2.75, 3.05) is 7.05 Å². The van der Waals surface area contributed by atoms with E-state index in [1.807, 2.05) is 0 Å². The molecule has 11 heavy (non-hydrogen) atoms. The van der Waals surface area contributed by atoms with E-state index in [-0.39, 0.29) is 0 Å². The lowest BCUT2D eigenvalue weighted by molar-refractivity contribution is 0.213. The number of hydrogen-bond donors (Lipinski definition) is 1. The van der Waals surface area contributed by atoms with Gasteiger partial charge < -0.3 is 5.32 Å². The second-order valence-electron chi connectivity index (χ2n) is 4.49. The molecule has 2 bridgehead atoms. The highest BCUT2D eigenvalue weighted by atomic mass is 14.9. The SMILES string of the molecule is CNC1C2CCC1CC(C)C2. The van der Waals surface area contributed by atoms with Gasteiger partial charge in [0, 0.05) is 6.04 Å². The quantitative estimate of drug-likeness (QED) is 0.608. The van der Waals surface area contributed by atoms with Gasteiger partial charge in [0.1, 0.15) is 0 Å². The molecule has 0 heterocycles. The first-order chi connectivity index (χ1) is 5.31. The maximum absolute atomic E-state index is 3.49. The number of hydrogen-bond acceptors (Lipinski definition) is 1. The monoisotopic (exact) mass is 153 g/mol. The summed E-state index contributed by atoms with van der Waals surface area (Å²) in [7, 11) is 2.13. The summed E-state index contributed by atoms with van der Waals surface area (Å²) in [5.41, 5.74) is 0. The molecule has 0 spiro atoms. The fourth-order valence-electron chi connectivity index (χ4n) is 3.30. The Morgan fingerprint density at radius 1 is 1.09 bits per heavy atom. The molecule has 0 aromatic rings. The van der Waals surface area contributed by atoms with E-state index in [2.05, 4.69) is 19.3 Å². The van der Waals surface area contributed by atoms with Crippen LogP contribution in [0, 0.1) is 17.8 Å². The van der Waals surface area contributed by atoms with Crippen molar-refractivity contribution in [1.29, 1.82) is 0 Å². The molecular weight excluding hydrogens is 134 g/mol. The van der Waals surface area contributed by atoms with Crippen molar-refractivity contribution in [2.24, 2.45) is 17.8 Å². The molecule has 1 heteroatoms. The predicted molar refractivity (Wildman–Crippen MR) is 47.5 cm³/mol. The zero-order valence-electron chi connectivity index (χ0n) is 7.64. The van der Waals surface area contributed by atoms with Crippen LogP contribution in [0.4, 0.5) is 0 Å². The second kappa shape index (κ2) is 2.78. The van der Waals surface area contributed by atoms with Gasteiger partial charge in [-0.2, -0.15) is 0 Å². The molecule has 0 aliphatic heterocycles. The van der Waals surface area contributed by atoms with Gasteiger partial charge in [-0.3, -0.25) is 0 Å². The van der Waals surface area contributed by atoms with Crippen LogP contribution in [0.3, 0.4) is 0 Å². The number of nitrogens with one attached hydrogen (secondary N) is 1. The summed E-state index contributed by atoms with van der Waals surface area (Å²) in [6.07, 6.45) is 5.92. The Labute approximate surface area is 69.6 Å². The standard InChI is InChI=1S/C10H19N/c1-7-5-8-3-4-9(6-7)10(8)11-2/h7-11H,3-6H2,1-2H3. The van der Waals surface area contributed by atoms with Crippen molar-refractivity contribution in [3.05, 3.63) is 0 Å². The summed E-state index contributed by atoms with van der Waals surface area (Å²) >= 11 is 0. The van der Waals surface area contributed by atoms with E-state index in [1.54, 1.807) is 0 Å². The highest BCUT2D eigenvalue weighted by molar-refractivity contribution is 4.94. The minimum Gasteiger partial charge on any atom is -0.316 e. The van der Waals surface area contributed by atoms with E-state index in [0.29, 0.717) is 0 Å². The molecule has 64 valence electrons. The lowest BCUT2D eigenvalue weighted by atomic mass is 9.78. The van der Waals surface area contributed by atoms with E-state index in [9.17, 15) is 0 Å². The van der Waals surface area contributed by atoms with Gasteiger partial charge in [-0.15, -0.1) is 0 Å². The van der Waals surface area contributed by atoms with Crippen LogP contribution in [-0.4, -0.2) is 13.1 Å². The van der Waals surface area contributed by atoms with Crippen molar-refractivity contribution in [2.45, 2.75) is 38.6 Å². The van der Waals surface area contributed by atoms with Crippen LogP contribution in [0.2, 0.25) is 0 Å². The second-order valence-corrected chi connectivity index (χ2v) is 4.49. The predicted octanol–water partition coefficient (Wildman–Crippen LogP) is 2.03. The van der Waals surface area contributed by atoms with Crippen LogP contribution in [0.15, 0.2) is 0 Å². The minimum absolute atomic E-state index is 0.867. The highest BCUT2D eigenvalue weighted by Crippen LogP contribution is 2.44. The highest BCUT2D eigenvalue weighted by Gasteiger charge is 2.40. The Kier molecular flexibility index (Phi) is 1.92. The third kappa shape index (κ3) is 1.20. The maximum atomic E-state index is 3.49. The largest absolute Gasteiger partial charge is 0.316 e. The summed E-state index contributed by atoms with van der Waals surface area (Å²) in [5.74, 6) is 3.01. The smallest absolute Gasteiger partial charge is 0.0121 e. The molecule has 0 aromatic heterocycles.